The minimum absolute atomic E-state index is 0.0900. The van der Waals surface area contributed by atoms with Gasteiger partial charge in [-0.2, -0.15) is 0 Å². The van der Waals surface area contributed by atoms with Gasteiger partial charge in [0.1, 0.15) is 6.17 Å². The number of alkyl halides is 1. The van der Waals surface area contributed by atoms with Gasteiger partial charge in [0.2, 0.25) is 0 Å². The normalized spacial score (nSPS) is 30.5. The molecule has 1 fully saturated rings. The molecule has 3 heteroatoms. The van der Waals surface area contributed by atoms with Crippen LogP contribution >= 0.6 is 0 Å². The third kappa shape index (κ3) is 1.91. The molecule has 0 aromatic heterocycles. The van der Waals surface area contributed by atoms with Crippen LogP contribution in [0.5, 0.6) is 0 Å². The van der Waals surface area contributed by atoms with Crippen molar-refractivity contribution in [2.45, 2.75) is 32.0 Å². The lowest BCUT2D eigenvalue weighted by Crippen LogP contribution is -2.49. The van der Waals surface area contributed by atoms with Crippen molar-refractivity contribution in [3.63, 3.8) is 0 Å². The molecule has 1 aliphatic carbocycles. The Balaban J connectivity index is 2.29. The lowest BCUT2D eigenvalue weighted by Gasteiger charge is -2.39. The molecule has 0 aromatic carbocycles. The van der Waals surface area contributed by atoms with Crippen LogP contribution in [0.4, 0.5) is 4.39 Å². The summed E-state index contributed by atoms with van der Waals surface area (Å²) in [4.78, 5) is 2.01. The van der Waals surface area contributed by atoms with E-state index in [0.29, 0.717) is 13.0 Å². The van der Waals surface area contributed by atoms with Crippen molar-refractivity contribution in [3.8, 4) is 0 Å². The zero-order valence-electron chi connectivity index (χ0n) is 6.96. The van der Waals surface area contributed by atoms with Gasteiger partial charge in [-0.3, -0.25) is 4.90 Å². The number of nitrogens with zero attached hydrogens (tertiary/aromatic N) is 1. The highest BCUT2D eigenvalue weighted by atomic mass is 19.1. The van der Waals surface area contributed by atoms with E-state index in [1.165, 1.54) is 0 Å². The van der Waals surface area contributed by atoms with E-state index in [1.54, 1.807) is 0 Å². The predicted molar refractivity (Wildman–Crippen MR) is 42.3 cm³/mol. The molecule has 0 heterocycles. The molecule has 0 radical (unpaired) electrons. The maximum absolute atomic E-state index is 12.8. The zero-order valence-corrected chi connectivity index (χ0v) is 6.96. The quantitative estimate of drug-likeness (QED) is 0.659. The third-order valence-corrected chi connectivity index (χ3v) is 2.42. The summed E-state index contributed by atoms with van der Waals surface area (Å²) in [5, 5.41) is 8.66. The molecule has 1 N–H and O–H groups in total. The van der Waals surface area contributed by atoms with Crippen molar-refractivity contribution < 1.29 is 9.50 Å². The molecule has 66 valence electrons. The maximum Gasteiger partial charge on any atom is 0.116 e. The topological polar surface area (TPSA) is 23.5 Å². The molecule has 11 heavy (non-hydrogen) atoms. The number of aliphatic hydroxyl groups is 1. The van der Waals surface area contributed by atoms with E-state index in [0.717, 1.165) is 13.0 Å². The first kappa shape index (κ1) is 8.94. The fourth-order valence-electron chi connectivity index (χ4n) is 1.54. The summed E-state index contributed by atoms with van der Waals surface area (Å²) in [6.07, 6.45) is 1.00. The van der Waals surface area contributed by atoms with Crippen molar-refractivity contribution in [3.05, 3.63) is 0 Å². The van der Waals surface area contributed by atoms with Crippen LogP contribution in [-0.2, 0) is 0 Å². The SMILES string of the molecule is CCN(CCO)C1CCC1F. The number of hydrogen-bond acceptors (Lipinski definition) is 2. The third-order valence-electron chi connectivity index (χ3n) is 2.42. The number of halogens is 1. The zero-order chi connectivity index (χ0) is 8.27. The van der Waals surface area contributed by atoms with Gasteiger partial charge in [-0.15, -0.1) is 0 Å². The van der Waals surface area contributed by atoms with Gasteiger partial charge in [0.25, 0.3) is 0 Å². The molecule has 1 aliphatic rings. The molecule has 0 aromatic rings. The Morgan fingerprint density at radius 1 is 1.55 bits per heavy atom. The van der Waals surface area contributed by atoms with Crippen LogP contribution in [0.15, 0.2) is 0 Å². The molecule has 1 saturated carbocycles. The Kier molecular flexibility index (Phi) is 3.27. The number of hydrogen-bond donors (Lipinski definition) is 1. The van der Waals surface area contributed by atoms with E-state index < -0.39 is 6.17 Å². The van der Waals surface area contributed by atoms with Gasteiger partial charge in [0, 0.05) is 12.6 Å². The van der Waals surface area contributed by atoms with E-state index in [2.05, 4.69) is 0 Å². The molecule has 0 bridgehead atoms. The lowest BCUT2D eigenvalue weighted by atomic mass is 9.89. The van der Waals surface area contributed by atoms with E-state index in [-0.39, 0.29) is 12.6 Å². The van der Waals surface area contributed by atoms with E-state index in [9.17, 15) is 4.39 Å². The van der Waals surface area contributed by atoms with Crippen LogP contribution in [0, 0.1) is 0 Å². The molecule has 0 saturated heterocycles. The van der Waals surface area contributed by atoms with Crippen molar-refractivity contribution in [2.75, 3.05) is 19.7 Å². The average molecular weight is 161 g/mol. The van der Waals surface area contributed by atoms with E-state index in [4.69, 9.17) is 5.11 Å². The van der Waals surface area contributed by atoms with E-state index in [1.807, 2.05) is 11.8 Å². The second-order valence-corrected chi connectivity index (χ2v) is 3.01. The molecule has 2 unspecified atom stereocenters. The summed E-state index contributed by atoms with van der Waals surface area (Å²) in [6, 6.07) is 0.0900. The predicted octanol–water partition coefficient (Wildman–Crippen LogP) is 0.801. The number of likely N-dealkylation sites (N-methyl/N-ethyl adjacent to an activating group) is 1. The Morgan fingerprint density at radius 2 is 2.27 bits per heavy atom. The van der Waals surface area contributed by atoms with Gasteiger partial charge in [-0.25, -0.2) is 4.39 Å². The molecule has 1 rings (SSSR count). The van der Waals surface area contributed by atoms with Crippen molar-refractivity contribution in [2.24, 2.45) is 0 Å². The van der Waals surface area contributed by atoms with Crippen LogP contribution in [0.3, 0.4) is 0 Å². The van der Waals surface area contributed by atoms with Gasteiger partial charge in [0.15, 0.2) is 0 Å². The maximum atomic E-state index is 12.8. The van der Waals surface area contributed by atoms with Gasteiger partial charge in [-0.1, -0.05) is 6.92 Å². The fourth-order valence-corrected chi connectivity index (χ4v) is 1.54. The first-order valence-corrected chi connectivity index (χ1v) is 4.28. The van der Waals surface area contributed by atoms with Crippen LogP contribution < -0.4 is 0 Å². The Labute approximate surface area is 67.0 Å². The fraction of sp³-hybridized carbons (Fsp3) is 1.00. The standard InChI is InChI=1S/C8H16FNO/c1-2-10(5-6-11)8-4-3-7(8)9/h7-8,11H,2-6H2,1H3. The average Bonchev–Trinajstić information content (AvgIpc) is 2.01. The first-order chi connectivity index (χ1) is 5.29. The highest BCUT2D eigenvalue weighted by molar-refractivity contribution is 4.88. The first-order valence-electron chi connectivity index (χ1n) is 4.28. The van der Waals surface area contributed by atoms with E-state index >= 15 is 0 Å². The summed E-state index contributed by atoms with van der Waals surface area (Å²) < 4.78 is 12.8. The Bertz CT molecular complexity index is 121. The summed E-state index contributed by atoms with van der Waals surface area (Å²) in [5.41, 5.74) is 0. The Hall–Kier alpha value is -0.150. The highest BCUT2D eigenvalue weighted by Crippen LogP contribution is 2.27. The van der Waals surface area contributed by atoms with Gasteiger partial charge >= 0.3 is 0 Å². The largest absolute Gasteiger partial charge is 0.395 e. The minimum Gasteiger partial charge on any atom is -0.395 e. The lowest BCUT2D eigenvalue weighted by molar-refractivity contribution is 0.0282. The second kappa shape index (κ2) is 4.02. The second-order valence-electron chi connectivity index (χ2n) is 3.01. The Morgan fingerprint density at radius 3 is 2.55 bits per heavy atom. The molecule has 0 aliphatic heterocycles. The summed E-state index contributed by atoms with van der Waals surface area (Å²) >= 11 is 0. The number of rotatable bonds is 4. The number of aliphatic hydroxyl groups excluding tert-OH is 1. The highest BCUT2D eigenvalue weighted by Gasteiger charge is 2.34. The summed E-state index contributed by atoms with van der Waals surface area (Å²) in [5.74, 6) is 0. The van der Waals surface area contributed by atoms with Crippen LogP contribution in [0.25, 0.3) is 0 Å². The van der Waals surface area contributed by atoms with Crippen molar-refractivity contribution in [1.82, 2.24) is 4.90 Å². The smallest absolute Gasteiger partial charge is 0.116 e. The molecular weight excluding hydrogens is 145 g/mol. The molecule has 0 amide bonds. The van der Waals surface area contributed by atoms with Crippen LogP contribution in [0.1, 0.15) is 19.8 Å². The van der Waals surface area contributed by atoms with Crippen LogP contribution in [-0.4, -0.2) is 41.9 Å². The van der Waals surface area contributed by atoms with Gasteiger partial charge < -0.3 is 5.11 Å². The van der Waals surface area contributed by atoms with Gasteiger partial charge in [-0.05, 0) is 19.4 Å². The van der Waals surface area contributed by atoms with Crippen molar-refractivity contribution >= 4 is 0 Å². The molecular formula is C8H16FNO. The van der Waals surface area contributed by atoms with Gasteiger partial charge in [0.05, 0.1) is 6.61 Å². The monoisotopic (exact) mass is 161 g/mol. The van der Waals surface area contributed by atoms with Crippen molar-refractivity contribution in [1.29, 1.82) is 0 Å². The summed E-state index contributed by atoms with van der Waals surface area (Å²) in [6.45, 7) is 3.59. The minimum atomic E-state index is -0.651. The molecule has 2 atom stereocenters. The molecule has 0 spiro atoms. The molecule has 2 nitrogen and oxygen atoms in total. The van der Waals surface area contributed by atoms with Crippen LogP contribution in [0.2, 0.25) is 0 Å². The summed E-state index contributed by atoms with van der Waals surface area (Å²) in [7, 11) is 0.